The number of rotatable bonds is 5. The zero-order valence-corrected chi connectivity index (χ0v) is 16.7. The summed E-state index contributed by atoms with van der Waals surface area (Å²) < 4.78 is 11.4. The van der Waals surface area contributed by atoms with Crippen molar-refractivity contribution in [3.8, 4) is 11.5 Å². The summed E-state index contributed by atoms with van der Waals surface area (Å²) >= 11 is 3.33. The maximum atomic E-state index is 12.4. The standard InChI is InChI=1S/C20H15BrN2O6/c1-2-28-15-10-11(8-13-17(24)22-20(27)23-18(13)25)9-14(21)16(15)29-19(26)12-6-4-3-5-7-12/h3-10H,2H2,1H3,(H2,22,23,24,25,27). The van der Waals surface area contributed by atoms with Gasteiger partial charge in [0.05, 0.1) is 16.6 Å². The number of hydrogen-bond acceptors (Lipinski definition) is 6. The summed E-state index contributed by atoms with van der Waals surface area (Å²) in [6.45, 7) is 2.05. The average molecular weight is 459 g/mol. The number of barbiturate groups is 1. The molecule has 1 heterocycles. The zero-order chi connectivity index (χ0) is 21.0. The Morgan fingerprint density at radius 3 is 2.34 bits per heavy atom. The van der Waals surface area contributed by atoms with E-state index in [2.05, 4.69) is 15.9 Å². The molecule has 8 nitrogen and oxygen atoms in total. The molecule has 1 saturated heterocycles. The molecule has 0 aliphatic carbocycles. The number of nitrogens with one attached hydrogen (secondary N) is 2. The minimum Gasteiger partial charge on any atom is -0.490 e. The molecule has 0 aromatic heterocycles. The van der Waals surface area contributed by atoms with Gasteiger partial charge in [0.1, 0.15) is 5.57 Å². The molecule has 0 unspecified atom stereocenters. The van der Waals surface area contributed by atoms with Crippen LogP contribution in [-0.2, 0) is 9.59 Å². The summed E-state index contributed by atoms with van der Waals surface area (Å²) in [4.78, 5) is 47.4. The monoisotopic (exact) mass is 458 g/mol. The Bertz CT molecular complexity index is 1010. The second kappa shape index (κ2) is 8.70. The molecule has 0 saturated carbocycles. The lowest BCUT2D eigenvalue weighted by atomic mass is 10.1. The van der Waals surface area contributed by atoms with Gasteiger partial charge in [-0.25, -0.2) is 9.59 Å². The Labute approximate surface area is 174 Å². The normalized spacial score (nSPS) is 13.4. The van der Waals surface area contributed by atoms with Gasteiger partial charge in [-0.2, -0.15) is 0 Å². The first kappa shape index (κ1) is 20.3. The SMILES string of the molecule is CCOc1cc(C=C2C(=O)NC(=O)NC2=O)cc(Br)c1OC(=O)c1ccccc1. The fraction of sp³-hybridized carbons (Fsp3) is 0.100. The van der Waals surface area contributed by atoms with Crippen molar-refractivity contribution in [2.45, 2.75) is 6.92 Å². The van der Waals surface area contributed by atoms with Crippen molar-refractivity contribution in [3.05, 3.63) is 63.6 Å². The number of esters is 1. The van der Waals surface area contributed by atoms with Gasteiger partial charge in [0.25, 0.3) is 11.8 Å². The van der Waals surface area contributed by atoms with Crippen LogP contribution < -0.4 is 20.1 Å². The molecule has 1 fully saturated rings. The second-order valence-corrected chi connectivity index (χ2v) is 6.67. The number of hydrogen-bond donors (Lipinski definition) is 2. The molecular formula is C20H15BrN2O6. The van der Waals surface area contributed by atoms with Crippen molar-refractivity contribution in [3.63, 3.8) is 0 Å². The molecule has 1 aliphatic rings. The molecule has 0 radical (unpaired) electrons. The van der Waals surface area contributed by atoms with E-state index in [0.717, 1.165) is 0 Å². The number of ether oxygens (including phenoxy) is 2. The third-order valence-corrected chi connectivity index (χ3v) is 4.38. The number of carbonyl (C=O) groups is 4. The van der Waals surface area contributed by atoms with Crippen molar-refractivity contribution in [1.29, 1.82) is 0 Å². The van der Waals surface area contributed by atoms with Gasteiger partial charge < -0.3 is 9.47 Å². The van der Waals surface area contributed by atoms with Crippen LogP contribution in [0.15, 0.2) is 52.5 Å². The number of carbonyl (C=O) groups excluding carboxylic acids is 4. The van der Waals surface area contributed by atoms with E-state index in [1.807, 2.05) is 10.6 Å². The number of benzene rings is 2. The third-order valence-electron chi connectivity index (χ3n) is 3.79. The molecule has 1 aliphatic heterocycles. The Morgan fingerprint density at radius 2 is 1.72 bits per heavy atom. The smallest absolute Gasteiger partial charge is 0.343 e. The summed E-state index contributed by atoms with van der Waals surface area (Å²) in [5, 5.41) is 4.00. The van der Waals surface area contributed by atoms with Crippen LogP contribution in [0.1, 0.15) is 22.8 Å². The zero-order valence-electron chi connectivity index (χ0n) is 15.2. The largest absolute Gasteiger partial charge is 0.490 e. The molecule has 4 amide bonds. The van der Waals surface area contributed by atoms with Crippen LogP contribution in [0.3, 0.4) is 0 Å². The van der Waals surface area contributed by atoms with Gasteiger partial charge in [0.15, 0.2) is 11.5 Å². The molecule has 3 rings (SSSR count). The maximum absolute atomic E-state index is 12.4. The minimum absolute atomic E-state index is 0.163. The molecule has 2 aromatic rings. The molecule has 0 spiro atoms. The molecule has 148 valence electrons. The lowest BCUT2D eigenvalue weighted by Gasteiger charge is -2.16. The van der Waals surface area contributed by atoms with Crippen LogP contribution in [0.2, 0.25) is 0 Å². The summed E-state index contributed by atoms with van der Waals surface area (Å²) in [7, 11) is 0. The van der Waals surface area contributed by atoms with E-state index >= 15 is 0 Å². The topological polar surface area (TPSA) is 111 Å². The molecule has 29 heavy (non-hydrogen) atoms. The highest BCUT2D eigenvalue weighted by Gasteiger charge is 2.28. The highest BCUT2D eigenvalue weighted by atomic mass is 79.9. The molecular weight excluding hydrogens is 444 g/mol. The van der Waals surface area contributed by atoms with Crippen molar-refractivity contribution in [2.24, 2.45) is 0 Å². The fourth-order valence-electron chi connectivity index (χ4n) is 2.53. The van der Waals surface area contributed by atoms with E-state index in [0.29, 0.717) is 15.6 Å². The van der Waals surface area contributed by atoms with Crippen LogP contribution in [0, 0.1) is 0 Å². The molecule has 0 bridgehead atoms. The van der Waals surface area contributed by atoms with Crippen LogP contribution >= 0.6 is 15.9 Å². The van der Waals surface area contributed by atoms with Gasteiger partial charge in [-0.05, 0) is 58.8 Å². The van der Waals surface area contributed by atoms with Crippen LogP contribution in [-0.4, -0.2) is 30.4 Å². The highest BCUT2D eigenvalue weighted by Crippen LogP contribution is 2.38. The molecule has 0 atom stereocenters. The van der Waals surface area contributed by atoms with Crippen molar-refractivity contribution in [1.82, 2.24) is 10.6 Å². The fourth-order valence-corrected chi connectivity index (χ4v) is 3.07. The minimum atomic E-state index is -0.878. The Balaban J connectivity index is 1.95. The second-order valence-electron chi connectivity index (χ2n) is 5.81. The Kier molecular flexibility index (Phi) is 6.08. The van der Waals surface area contributed by atoms with Gasteiger partial charge in [0, 0.05) is 0 Å². The van der Waals surface area contributed by atoms with E-state index in [4.69, 9.17) is 9.47 Å². The van der Waals surface area contributed by atoms with E-state index in [1.165, 1.54) is 12.1 Å². The first-order chi connectivity index (χ1) is 13.9. The first-order valence-corrected chi connectivity index (χ1v) is 9.30. The number of amides is 4. The maximum Gasteiger partial charge on any atom is 0.343 e. The summed E-state index contributed by atoms with van der Waals surface area (Å²) in [6.07, 6.45) is 1.30. The first-order valence-electron chi connectivity index (χ1n) is 8.51. The van der Waals surface area contributed by atoms with E-state index in [-0.39, 0.29) is 23.7 Å². The molecule has 2 aromatic carbocycles. The summed E-state index contributed by atoms with van der Waals surface area (Å²) in [5.41, 5.74) is 0.552. The van der Waals surface area contributed by atoms with Gasteiger partial charge in [0.2, 0.25) is 0 Å². The van der Waals surface area contributed by atoms with Crippen molar-refractivity contribution >= 4 is 45.8 Å². The molecule has 2 N–H and O–H groups in total. The number of urea groups is 1. The predicted octanol–water partition coefficient (Wildman–Crippen LogP) is 2.82. The van der Waals surface area contributed by atoms with Gasteiger partial charge >= 0.3 is 12.0 Å². The Morgan fingerprint density at radius 1 is 1.07 bits per heavy atom. The number of imide groups is 2. The van der Waals surface area contributed by atoms with Gasteiger partial charge in [-0.3, -0.25) is 20.2 Å². The van der Waals surface area contributed by atoms with Crippen LogP contribution in [0.5, 0.6) is 11.5 Å². The lowest BCUT2D eigenvalue weighted by molar-refractivity contribution is -0.123. The molecule has 9 heteroatoms. The van der Waals surface area contributed by atoms with E-state index in [9.17, 15) is 19.2 Å². The van der Waals surface area contributed by atoms with Crippen LogP contribution in [0.25, 0.3) is 6.08 Å². The van der Waals surface area contributed by atoms with Crippen molar-refractivity contribution < 1.29 is 28.7 Å². The van der Waals surface area contributed by atoms with Gasteiger partial charge in [-0.15, -0.1) is 0 Å². The summed E-state index contributed by atoms with van der Waals surface area (Å²) in [5.74, 6) is -1.79. The Hall–Kier alpha value is -3.46. The third kappa shape index (κ3) is 4.69. The lowest BCUT2D eigenvalue weighted by Crippen LogP contribution is -2.51. The predicted molar refractivity (Wildman–Crippen MR) is 106 cm³/mol. The average Bonchev–Trinajstić information content (AvgIpc) is 2.68. The quantitative estimate of drug-likeness (QED) is 0.308. The van der Waals surface area contributed by atoms with E-state index in [1.54, 1.807) is 43.3 Å². The van der Waals surface area contributed by atoms with Crippen LogP contribution in [0.4, 0.5) is 4.79 Å². The van der Waals surface area contributed by atoms with E-state index < -0.39 is 23.8 Å². The highest BCUT2D eigenvalue weighted by molar-refractivity contribution is 9.10. The number of halogens is 1. The van der Waals surface area contributed by atoms with Gasteiger partial charge in [-0.1, -0.05) is 18.2 Å². The summed E-state index contributed by atoms with van der Waals surface area (Å²) in [6, 6.07) is 10.7. The van der Waals surface area contributed by atoms with Crippen molar-refractivity contribution in [2.75, 3.05) is 6.61 Å².